The second-order valence-corrected chi connectivity index (χ2v) is 8.06. The number of benzene rings is 1. The van der Waals surface area contributed by atoms with Crippen molar-refractivity contribution in [2.75, 3.05) is 6.61 Å². The van der Waals surface area contributed by atoms with Crippen LogP contribution in [0.5, 0.6) is 17.2 Å². The minimum absolute atomic E-state index is 0.223. The van der Waals surface area contributed by atoms with Crippen molar-refractivity contribution < 1.29 is 23.8 Å². The van der Waals surface area contributed by atoms with Gasteiger partial charge in [-0.05, 0) is 31.4 Å². The summed E-state index contributed by atoms with van der Waals surface area (Å²) in [4.78, 5) is 24.7. The second kappa shape index (κ2) is 17.6. The van der Waals surface area contributed by atoms with Gasteiger partial charge in [0, 0.05) is 12.8 Å². The molecular formula is C26H42O5. The maximum absolute atomic E-state index is 12.4. The van der Waals surface area contributed by atoms with Crippen LogP contribution in [-0.2, 0) is 9.59 Å². The first-order valence-electron chi connectivity index (χ1n) is 12.3. The summed E-state index contributed by atoms with van der Waals surface area (Å²) in [5.41, 5.74) is 0. The topological polar surface area (TPSA) is 61.8 Å². The molecule has 0 saturated carbocycles. The maximum Gasteiger partial charge on any atom is 0.311 e. The highest BCUT2D eigenvalue weighted by atomic mass is 16.6. The third-order valence-electron chi connectivity index (χ3n) is 5.11. The molecule has 1 aromatic carbocycles. The predicted molar refractivity (Wildman–Crippen MR) is 125 cm³/mol. The van der Waals surface area contributed by atoms with Gasteiger partial charge in [-0.1, -0.05) is 84.6 Å². The van der Waals surface area contributed by atoms with Crippen LogP contribution in [0.25, 0.3) is 0 Å². The highest BCUT2D eigenvalue weighted by molar-refractivity contribution is 5.77. The zero-order valence-electron chi connectivity index (χ0n) is 19.9. The number of hydrogen-bond acceptors (Lipinski definition) is 5. The first-order valence-corrected chi connectivity index (χ1v) is 12.3. The molecule has 0 atom stereocenters. The van der Waals surface area contributed by atoms with E-state index in [1.54, 1.807) is 18.2 Å². The van der Waals surface area contributed by atoms with Crippen molar-refractivity contribution in [2.45, 2.75) is 111 Å². The molecule has 0 saturated heterocycles. The average molecular weight is 435 g/mol. The normalized spacial score (nSPS) is 10.7. The molecule has 0 amide bonds. The molecule has 0 heterocycles. The molecule has 0 aromatic heterocycles. The van der Waals surface area contributed by atoms with E-state index in [1.165, 1.54) is 6.42 Å². The molecular weight excluding hydrogens is 392 g/mol. The Kier molecular flexibility index (Phi) is 15.3. The van der Waals surface area contributed by atoms with Crippen LogP contribution in [0.4, 0.5) is 0 Å². The highest BCUT2D eigenvalue weighted by Crippen LogP contribution is 2.38. The van der Waals surface area contributed by atoms with Crippen LogP contribution < -0.4 is 14.2 Å². The summed E-state index contributed by atoms with van der Waals surface area (Å²) >= 11 is 0. The summed E-state index contributed by atoms with van der Waals surface area (Å²) in [6.07, 6.45) is 13.1. The minimum Gasteiger partial charge on any atom is -0.490 e. The number of unbranched alkanes of at least 4 members (excludes halogenated alkanes) is 9. The van der Waals surface area contributed by atoms with Gasteiger partial charge in [0.15, 0.2) is 11.5 Å². The van der Waals surface area contributed by atoms with E-state index in [2.05, 4.69) is 20.8 Å². The van der Waals surface area contributed by atoms with Gasteiger partial charge in [0.1, 0.15) is 0 Å². The van der Waals surface area contributed by atoms with E-state index in [-0.39, 0.29) is 23.4 Å². The van der Waals surface area contributed by atoms with E-state index >= 15 is 0 Å². The van der Waals surface area contributed by atoms with Gasteiger partial charge in [0.2, 0.25) is 5.75 Å². The Morgan fingerprint density at radius 1 is 0.645 bits per heavy atom. The smallest absolute Gasteiger partial charge is 0.311 e. The highest BCUT2D eigenvalue weighted by Gasteiger charge is 2.19. The Morgan fingerprint density at radius 3 is 1.74 bits per heavy atom. The monoisotopic (exact) mass is 434 g/mol. The molecule has 0 spiro atoms. The number of carbonyl (C=O) groups is 2. The Labute approximate surface area is 188 Å². The largest absolute Gasteiger partial charge is 0.490 e. The molecule has 5 heteroatoms. The van der Waals surface area contributed by atoms with Gasteiger partial charge in [-0.25, -0.2) is 0 Å². The number of rotatable bonds is 18. The van der Waals surface area contributed by atoms with Crippen LogP contribution in [0.3, 0.4) is 0 Å². The Morgan fingerprint density at radius 2 is 1.16 bits per heavy atom. The third kappa shape index (κ3) is 12.4. The molecule has 0 aliphatic carbocycles. The van der Waals surface area contributed by atoms with Crippen molar-refractivity contribution in [1.29, 1.82) is 0 Å². The fourth-order valence-corrected chi connectivity index (χ4v) is 3.23. The van der Waals surface area contributed by atoms with Gasteiger partial charge >= 0.3 is 11.9 Å². The summed E-state index contributed by atoms with van der Waals surface area (Å²) in [7, 11) is 0. The van der Waals surface area contributed by atoms with Crippen LogP contribution in [0, 0.1) is 0 Å². The SMILES string of the molecule is CCCCCCOc1cccc(OC(=O)CCCCCC)c1OC(=O)CCCCCC. The van der Waals surface area contributed by atoms with Crippen LogP contribution in [0.1, 0.15) is 111 Å². The van der Waals surface area contributed by atoms with Crippen LogP contribution in [-0.4, -0.2) is 18.5 Å². The van der Waals surface area contributed by atoms with Crippen molar-refractivity contribution in [1.82, 2.24) is 0 Å². The van der Waals surface area contributed by atoms with Crippen molar-refractivity contribution >= 4 is 11.9 Å². The van der Waals surface area contributed by atoms with Crippen molar-refractivity contribution in [3.8, 4) is 17.2 Å². The zero-order chi connectivity index (χ0) is 22.7. The lowest BCUT2D eigenvalue weighted by Gasteiger charge is -2.15. The van der Waals surface area contributed by atoms with E-state index in [0.717, 1.165) is 70.6 Å². The van der Waals surface area contributed by atoms with Gasteiger partial charge in [0.05, 0.1) is 6.61 Å². The zero-order valence-corrected chi connectivity index (χ0v) is 19.9. The summed E-state index contributed by atoms with van der Waals surface area (Å²) in [5.74, 6) is 0.304. The van der Waals surface area contributed by atoms with E-state index in [0.29, 0.717) is 25.2 Å². The Hall–Kier alpha value is -2.04. The van der Waals surface area contributed by atoms with Crippen LogP contribution >= 0.6 is 0 Å². The van der Waals surface area contributed by atoms with Crippen molar-refractivity contribution in [3.05, 3.63) is 18.2 Å². The Bertz CT molecular complexity index is 626. The molecule has 31 heavy (non-hydrogen) atoms. The van der Waals surface area contributed by atoms with E-state index < -0.39 is 0 Å². The molecule has 0 aliphatic heterocycles. The fourth-order valence-electron chi connectivity index (χ4n) is 3.23. The fraction of sp³-hybridized carbons (Fsp3) is 0.692. The van der Waals surface area contributed by atoms with E-state index in [1.807, 2.05) is 0 Å². The van der Waals surface area contributed by atoms with Crippen LogP contribution in [0.2, 0.25) is 0 Å². The third-order valence-corrected chi connectivity index (χ3v) is 5.11. The van der Waals surface area contributed by atoms with Crippen molar-refractivity contribution in [3.63, 3.8) is 0 Å². The molecule has 0 N–H and O–H groups in total. The molecule has 0 radical (unpaired) electrons. The summed E-state index contributed by atoms with van der Waals surface area (Å²) < 4.78 is 17.1. The van der Waals surface area contributed by atoms with Crippen LogP contribution in [0.15, 0.2) is 18.2 Å². The van der Waals surface area contributed by atoms with Gasteiger partial charge in [-0.3, -0.25) is 9.59 Å². The molecule has 1 rings (SSSR count). The number of hydrogen-bond donors (Lipinski definition) is 0. The quantitative estimate of drug-likeness (QED) is 0.137. The lowest BCUT2D eigenvalue weighted by Crippen LogP contribution is -2.13. The summed E-state index contributed by atoms with van der Waals surface area (Å²) in [6.45, 7) is 6.97. The Balaban J connectivity index is 2.79. The lowest BCUT2D eigenvalue weighted by atomic mass is 10.1. The number of ether oxygens (including phenoxy) is 3. The molecule has 5 nitrogen and oxygen atoms in total. The molecule has 0 fully saturated rings. The molecule has 0 unspecified atom stereocenters. The molecule has 0 aliphatic rings. The first kappa shape index (κ1) is 27.0. The van der Waals surface area contributed by atoms with Gasteiger partial charge in [-0.15, -0.1) is 0 Å². The summed E-state index contributed by atoms with van der Waals surface area (Å²) in [5, 5.41) is 0. The molecule has 1 aromatic rings. The van der Waals surface area contributed by atoms with E-state index in [4.69, 9.17) is 14.2 Å². The van der Waals surface area contributed by atoms with Gasteiger partial charge in [0.25, 0.3) is 0 Å². The van der Waals surface area contributed by atoms with E-state index in [9.17, 15) is 9.59 Å². The van der Waals surface area contributed by atoms with Crippen molar-refractivity contribution in [2.24, 2.45) is 0 Å². The van der Waals surface area contributed by atoms with Gasteiger partial charge < -0.3 is 14.2 Å². The standard InChI is InChI=1S/C26H42O5/c1-4-7-10-13-19-24(27)30-23-18-16-17-22(29-21-15-12-9-6-3)26(23)31-25(28)20-14-11-8-5-2/h16-18H,4-15,19-21H2,1-3H3. The number of para-hydroxylation sites is 1. The maximum atomic E-state index is 12.4. The lowest BCUT2D eigenvalue weighted by molar-refractivity contribution is -0.137. The summed E-state index contributed by atoms with van der Waals surface area (Å²) in [6, 6.07) is 5.19. The molecule has 176 valence electrons. The minimum atomic E-state index is -0.321. The number of carbonyl (C=O) groups excluding carboxylic acids is 2. The van der Waals surface area contributed by atoms with Gasteiger partial charge in [-0.2, -0.15) is 0 Å². The second-order valence-electron chi connectivity index (χ2n) is 8.06. The average Bonchev–Trinajstić information content (AvgIpc) is 2.76. The number of esters is 2. The molecule has 0 bridgehead atoms. The predicted octanol–water partition coefficient (Wildman–Crippen LogP) is 7.40. The first-order chi connectivity index (χ1) is 15.1.